The molecule has 7 nitrogen and oxygen atoms in total. The summed E-state index contributed by atoms with van der Waals surface area (Å²) in [5.41, 5.74) is -1.24. The van der Waals surface area contributed by atoms with E-state index < -0.39 is 22.2 Å². The van der Waals surface area contributed by atoms with Gasteiger partial charge in [-0.3, -0.25) is 10.1 Å². The maximum atomic E-state index is 14.4. The van der Waals surface area contributed by atoms with E-state index in [1.165, 1.54) is 19.4 Å². The first kappa shape index (κ1) is 15.7. The van der Waals surface area contributed by atoms with E-state index in [0.717, 1.165) is 14.0 Å². The third-order valence-corrected chi connectivity index (χ3v) is 3.61. The van der Waals surface area contributed by atoms with Crippen LogP contribution in [0.25, 0.3) is 10.9 Å². The van der Waals surface area contributed by atoms with Crippen LogP contribution in [0.1, 0.15) is 12.5 Å². The van der Waals surface area contributed by atoms with Gasteiger partial charge in [0.1, 0.15) is 0 Å². The minimum absolute atomic E-state index is 0.0224. The highest BCUT2D eigenvalue weighted by atomic mass is 19.1. The summed E-state index contributed by atoms with van der Waals surface area (Å²) in [4.78, 5) is 25.1. The van der Waals surface area contributed by atoms with Crippen LogP contribution >= 0.6 is 0 Å². The van der Waals surface area contributed by atoms with E-state index in [4.69, 9.17) is 4.74 Å². The molecule has 22 heavy (non-hydrogen) atoms. The van der Waals surface area contributed by atoms with Crippen LogP contribution in [0.5, 0.6) is 5.75 Å². The predicted octanol–water partition coefficient (Wildman–Crippen LogP) is 2.07. The fraction of sp³-hybridized carbons (Fsp3) is 0.357. The molecule has 1 heterocycles. The summed E-state index contributed by atoms with van der Waals surface area (Å²) in [5.74, 6) is -1.60. The lowest BCUT2D eigenvalue weighted by Gasteiger charge is -2.17. The highest BCUT2D eigenvalue weighted by Crippen LogP contribution is 2.31. The largest absolute Gasteiger partial charge is 0.494 e. The fourth-order valence-corrected chi connectivity index (χ4v) is 2.33. The van der Waals surface area contributed by atoms with Gasteiger partial charge in [-0.1, -0.05) is 0 Å². The summed E-state index contributed by atoms with van der Waals surface area (Å²) in [7, 11) is 2.40. The summed E-state index contributed by atoms with van der Waals surface area (Å²) in [5, 5.41) is 11.4. The van der Waals surface area contributed by atoms with Crippen molar-refractivity contribution in [1.29, 1.82) is 0 Å². The number of aromatic amines is 1. The Hall–Kier alpha value is -2.64. The van der Waals surface area contributed by atoms with Crippen molar-refractivity contribution in [2.24, 2.45) is 0 Å². The molecule has 0 radical (unpaired) electrons. The highest BCUT2D eigenvalue weighted by molar-refractivity contribution is 5.87. The van der Waals surface area contributed by atoms with Crippen LogP contribution in [0.4, 0.5) is 4.39 Å². The smallest absolute Gasteiger partial charge is 0.384 e. The molecule has 8 heteroatoms. The van der Waals surface area contributed by atoms with Crippen LogP contribution in [-0.4, -0.2) is 35.6 Å². The van der Waals surface area contributed by atoms with Crippen molar-refractivity contribution in [3.05, 3.63) is 39.8 Å². The molecule has 0 fully saturated rings. The van der Waals surface area contributed by atoms with E-state index >= 15 is 0 Å². The molecule has 0 bridgehead atoms. The first-order valence-corrected chi connectivity index (χ1v) is 6.40. The Balaban J connectivity index is 2.55. The van der Waals surface area contributed by atoms with Gasteiger partial charge >= 0.3 is 11.5 Å². The fourth-order valence-electron chi connectivity index (χ4n) is 2.33. The minimum atomic E-state index is -2.00. The number of hydrogen-bond acceptors (Lipinski definition) is 5. The highest BCUT2D eigenvalue weighted by Gasteiger charge is 2.48. The molecule has 1 atom stereocenters. The maximum absolute atomic E-state index is 14.4. The van der Waals surface area contributed by atoms with Gasteiger partial charge in [0.05, 0.1) is 20.6 Å². The Kier molecular flexibility index (Phi) is 4.03. The number of carbonyl (C=O) groups excluding carboxylic acids is 1. The third kappa shape index (κ3) is 2.36. The third-order valence-electron chi connectivity index (χ3n) is 3.61. The molecule has 2 aromatic rings. The zero-order chi connectivity index (χ0) is 16.5. The van der Waals surface area contributed by atoms with Crippen LogP contribution in [0.15, 0.2) is 18.3 Å². The molecular weight excluding hydrogens is 295 g/mol. The number of H-pyrrole nitrogens is 1. The summed E-state index contributed by atoms with van der Waals surface area (Å²) in [6.45, 7) is 1.15. The topological polar surface area (TPSA) is 94.5 Å². The molecule has 0 aliphatic carbocycles. The second kappa shape index (κ2) is 5.63. The molecule has 0 amide bonds. The van der Waals surface area contributed by atoms with Gasteiger partial charge in [0.15, 0.2) is 11.6 Å². The molecule has 118 valence electrons. The number of rotatable bonds is 5. The molecule has 1 aromatic carbocycles. The standard InChI is InChI=1S/C14H15FN2O5/c1-14(17(19)20,13(18)22-3)6-8-7-16-9-4-5-10(21-2)12(15)11(8)9/h4-5,7,16H,6H2,1-3H3. The predicted molar refractivity (Wildman–Crippen MR) is 75.9 cm³/mol. The average molecular weight is 310 g/mol. The molecule has 1 aromatic heterocycles. The van der Waals surface area contributed by atoms with Gasteiger partial charge in [-0.2, -0.15) is 0 Å². The van der Waals surface area contributed by atoms with Crippen LogP contribution in [0.3, 0.4) is 0 Å². The molecule has 0 saturated carbocycles. The Morgan fingerprint density at radius 3 is 2.68 bits per heavy atom. The van der Waals surface area contributed by atoms with Gasteiger partial charge in [-0.15, -0.1) is 0 Å². The number of nitro groups is 1. The molecule has 1 N–H and O–H groups in total. The Labute approximate surface area is 125 Å². The molecular formula is C14H15FN2O5. The number of hydrogen-bond donors (Lipinski definition) is 1. The van der Waals surface area contributed by atoms with Crippen molar-refractivity contribution >= 4 is 16.9 Å². The van der Waals surface area contributed by atoms with Crippen LogP contribution in [0, 0.1) is 15.9 Å². The van der Waals surface area contributed by atoms with Crippen molar-refractivity contribution in [2.45, 2.75) is 18.9 Å². The average Bonchev–Trinajstić information content (AvgIpc) is 2.90. The Morgan fingerprint density at radius 2 is 2.14 bits per heavy atom. The van der Waals surface area contributed by atoms with E-state index in [2.05, 4.69) is 9.72 Å². The number of halogens is 1. The van der Waals surface area contributed by atoms with E-state index in [0.29, 0.717) is 11.1 Å². The van der Waals surface area contributed by atoms with Gasteiger partial charge in [-0.05, 0) is 17.7 Å². The number of nitrogens with zero attached hydrogens (tertiary/aromatic N) is 1. The zero-order valence-corrected chi connectivity index (χ0v) is 12.3. The maximum Gasteiger partial charge on any atom is 0.384 e. The quantitative estimate of drug-likeness (QED) is 0.518. The van der Waals surface area contributed by atoms with Gasteiger partial charge < -0.3 is 14.5 Å². The summed E-state index contributed by atoms with van der Waals surface area (Å²) >= 11 is 0. The number of ether oxygens (including phenoxy) is 2. The first-order chi connectivity index (χ1) is 10.3. The zero-order valence-electron chi connectivity index (χ0n) is 12.3. The van der Waals surface area contributed by atoms with E-state index in [-0.39, 0.29) is 17.6 Å². The number of fused-ring (bicyclic) bond motifs is 1. The molecule has 0 aliphatic heterocycles. The van der Waals surface area contributed by atoms with Gasteiger partial charge in [-0.25, -0.2) is 9.18 Å². The minimum Gasteiger partial charge on any atom is -0.494 e. The lowest BCUT2D eigenvalue weighted by atomic mass is 9.93. The first-order valence-electron chi connectivity index (χ1n) is 6.40. The van der Waals surface area contributed by atoms with Crippen molar-refractivity contribution in [3.63, 3.8) is 0 Å². The van der Waals surface area contributed by atoms with Crippen molar-refractivity contribution < 1.29 is 23.6 Å². The monoisotopic (exact) mass is 310 g/mol. The number of esters is 1. The lowest BCUT2D eigenvalue weighted by Crippen LogP contribution is -2.46. The Morgan fingerprint density at radius 1 is 1.45 bits per heavy atom. The van der Waals surface area contributed by atoms with Crippen molar-refractivity contribution in [2.75, 3.05) is 14.2 Å². The van der Waals surface area contributed by atoms with E-state index in [9.17, 15) is 19.3 Å². The van der Waals surface area contributed by atoms with Crippen LogP contribution < -0.4 is 4.74 Å². The summed E-state index contributed by atoms with van der Waals surface area (Å²) in [6, 6.07) is 3.05. The van der Waals surface area contributed by atoms with Gasteiger partial charge in [0.2, 0.25) is 0 Å². The lowest BCUT2D eigenvalue weighted by molar-refractivity contribution is -0.550. The van der Waals surface area contributed by atoms with Crippen molar-refractivity contribution in [3.8, 4) is 5.75 Å². The SMILES string of the molecule is COC(=O)C(C)(Cc1c[nH]c2ccc(OC)c(F)c12)[N+](=O)[O-]. The summed E-state index contributed by atoms with van der Waals surface area (Å²) < 4.78 is 23.8. The number of nitrogens with one attached hydrogen (secondary N) is 1. The molecule has 0 spiro atoms. The second-order valence-corrected chi connectivity index (χ2v) is 5.02. The second-order valence-electron chi connectivity index (χ2n) is 5.02. The van der Waals surface area contributed by atoms with Crippen LogP contribution in [0.2, 0.25) is 0 Å². The van der Waals surface area contributed by atoms with Crippen molar-refractivity contribution in [1.82, 2.24) is 4.98 Å². The number of aromatic nitrogens is 1. The molecule has 0 saturated heterocycles. The molecule has 0 aliphatic rings. The number of methoxy groups -OCH3 is 2. The summed E-state index contributed by atoms with van der Waals surface area (Å²) in [6.07, 6.45) is 1.13. The Bertz CT molecular complexity index is 742. The molecule has 1 unspecified atom stereocenters. The number of carbonyl (C=O) groups is 1. The number of benzene rings is 1. The van der Waals surface area contributed by atoms with Gasteiger partial charge in [0, 0.05) is 28.9 Å². The van der Waals surface area contributed by atoms with E-state index in [1.54, 1.807) is 6.07 Å². The van der Waals surface area contributed by atoms with E-state index in [1.807, 2.05) is 0 Å². The normalized spacial score (nSPS) is 13.6. The molecule has 2 rings (SSSR count). The van der Waals surface area contributed by atoms with Crippen LogP contribution in [-0.2, 0) is 16.0 Å². The van der Waals surface area contributed by atoms with Gasteiger partial charge in [0.25, 0.3) is 0 Å².